The molecule has 3 heterocycles. The average Bonchev–Trinajstić information content (AvgIpc) is 2.69. The van der Waals surface area contributed by atoms with Gasteiger partial charge < -0.3 is 16.4 Å². The minimum atomic E-state index is -0.0939. The first-order valence-electron chi connectivity index (χ1n) is 8.13. The molecule has 1 atom stereocenters. The lowest BCUT2D eigenvalue weighted by molar-refractivity contribution is 0.808. The summed E-state index contributed by atoms with van der Waals surface area (Å²) >= 11 is 0. The van der Waals surface area contributed by atoms with Crippen LogP contribution in [0.5, 0.6) is 0 Å². The molecule has 1 aliphatic carbocycles. The number of nitrogens with one attached hydrogen (secondary N) is 3. The van der Waals surface area contributed by atoms with Gasteiger partial charge in [0, 0.05) is 24.2 Å². The molecule has 2 aliphatic heterocycles. The summed E-state index contributed by atoms with van der Waals surface area (Å²) in [6.07, 6.45) is 15.0. The highest BCUT2D eigenvalue weighted by atomic mass is 15.1. The van der Waals surface area contributed by atoms with Crippen LogP contribution in [0.4, 0.5) is 0 Å². The summed E-state index contributed by atoms with van der Waals surface area (Å²) in [6, 6.07) is 5.52. The first kappa shape index (κ1) is 15.8. The van der Waals surface area contributed by atoms with Crippen molar-refractivity contribution in [1.29, 1.82) is 5.41 Å². The van der Waals surface area contributed by atoms with E-state index in [1.54, 1.807) is 24.7 Å². The van der Waals surface area contributed by atoms with Gasteiger partial charge in [-0.05, 0) is 18.2 Å². The molecule has 0 aromatic carbocycles. The minimum absolute atomic E-state index is 0.0625. The zero-order chi connectivity index (χ0) is 17.9. The Bertz CT molecular complexity index is 959. The van der Waals surface area contributed by atoms with Crippen LogP contribution in [0.15, 0.2) is 88.2 Å². The third-order valence-corrected chi connectivity index (χ3v) is 4.09. The topological polar surface area (TPSA) is 112 Å². The van der Waals surface area contributed by atoms with Crippen LogP contribution in [0.3, 0.4) is 0 Å². The van der Waals surface area contributed by atoms with E-state index in [-0.39, 0.29) is 11.9 Å². The van der Waals surface area contributed by atoms with Crippen molar-refractivity contribution in [3.8, 4) is 0 Å². The Hall–Kier alpha value is -3.74. The fraction of sp³-hybridized carbons (Fsp3) is 0.0526. The zero-order valence-corrected chi connectivity index (χ0v) is 13.8. The van der Waals surface area contributed by atoms with Crippen molar-refractivity contribution in [2.45, 2.75) is 6.04 Å². The molecule has 7 nitrogen and oxygen atoms in total. The Morgan fingerprint density at radius 2 is 2.15 bits per heavy atom. The van der Waals surface area contributed by atoms with Crippen molar-refractivity contribution >= 4 is 23.3 Å². The summed E-state index contributed by atoms with van der Waals surface area (Å²) in [5.41, 5.74) is 9.52. The van der Waals surface area contributed by atoms with Gasteiger partial charge in [0.05, 0.1) is 34.9 Å². The molecule has 5 N–H and O–H groups in total. The second kappa shape index (κ2) is 6.64. The van der Waals surface area contributed by atoms with Crippen molar-refractivity contribution in [2.75, 3.05) is 0 Å². The van der Waals surface area contributed by atoms with E-state index in [0.29, 0.717) is 17.1 Å². The Labute approximate surface area is 150 Å². The van der Waals surface area contributed by atoms with Crippen LogP contribution < -0.4 is 16.4 Å². The maximum atomic E-state index is 7.86. The number of amidine groups is 1. The van der Waals surface area contributed by atoms with Crippen molar-refractivity contribution in [3.05, 3.63) is 83.9 Å². The van der Waals surface area contributed by atoms with Crippen molar-refractivity contribution < 1.29 is 0 Å². The zero-order valence-electron chi connectivity index (χ0n) is 13.8. The van der Waals surface area contributed by atoms with E-state index in [0.717, 1.165) is 17.0 Å². The number of hydrogen-bond donors (Lipinski definition) is 4. The smallest absolute Gasteiger partial charge is 0.143 e. The average molecular weight is 343 g/mol. The first-order valence-corrected chi connectivity index (χ1v) is 8.13. The van der Waals surface area contributed by atoms with Crippen molar-refractivity contribution in [1.82, 2.24) is 15.6 Å². The molecule has 26 heavy (non-hydrogen) atoms. The third-order valence-electron chi connectivity index (χ3n) is 4.09. The molecule has 0 bridgehead atoms. The highest BCUT2D eigenvalue weighted by Gasteiger charge is 2.21. The van der Waals surface area contributed by atoms with Crippen LogP contribution in [-0.4, -0.2) is 28.8 Å². The van der Waals surface area contributed by atoms with E-state index < -0.39 is 0 Å². The molecule has 1 aromatic rings. The number of aliphatic imine (C=N–C) groups is 2. The van der Waals surface area contributed by atoms with E-state index in [9.17, 15) is 0 Å². The van der Waals surface area contributed by atoms with Gasteiger partial charge in [0.1, 0.15) is 11.7 Å². The molecule has 0 fully saturated rings. The van der Waals surface area contributed by atoms with E-state index in [2.05, 4.69) is 31.7 Å². The normalized spacial score (nSPS) is 22.3. The molecule has 7 heteroatoms. The van der Waals surface area contributed by atoms with Gasteiger partial charge in [-0.25, -0.2) is 4.99 Å². The second-order valence-electron chi connectivity index (χ2n) is 5.82. The molecular formula is C19H17N7. The molecule has 0 saturated heterocycles. The lowest BCUT2D eigenvalue weighted by atomic mass is 10.0. The number of hydrogen-bond acceptors (Lipinski definition) is 6. The molecule has 0 saturated carbocycles. The molecule has 0 spiro atoms. The monoisotopic (exact) mass is 343 g/mol. The van der Waals surface area contributed by atoms with Crippen LogP contribution >= 0.6 is 0 Å². The van der Waals surface area contributed by atoms with Gasteiger partial charge in [-0.1, -0.05) is 24.3 Å². The maximum Gasteiger partial charge on any atom is 0.143 e. The fourth-order valence-corrected chi connectivity index (χ4v) is 2.82. The number of fused-ring (bicyclic) bond motifs is 1. The Balaban J connectivity index is 1.61. The lowest BCUT2D eigenvalue weighted by Crippen LogP contribution is -2.38. The van der Waals surface area contributed by atoms with E-state index in [1.165, 1.54) is 0 Å². The van der Waals surface area contributed by atoms with Gasteiger partial charge in [-0.3, -0.25) is 15.4 Å². The minimum Gasteiger partial charge on any atom is -0.384 e. The van der Waals surface area contributed by atoms with Crippen LogP contribution in [0, 0.1) is 5.41 Å². The van der Waals surface area contributed by atoms with Crippen LogP contribution in [0.25, 0.3) is 5.57 Å². The summed E-state index contributed by atoms with van der Waals surface area (Å²) in [7, 11) is 0. The van der Waals surface area contributed by atoms with Gasteiger partial charge in [0.15, 0.2) is 0 Å². The summed E-state index contributed by atoms with van der Waals surface area (Å²) in [4.78, 5) is 13.2. The third kappa shape index (κ3) is 2.98. The van der Waals surface area contributed by atoms with Gasteiger partial charge >= 0.3 is 0 Å². The molecule has 4 rings (SSSR count). The number of allylic oxidation sites excluding steroid dienone is 3. The molecule has 128 valence electrons. The molecule has 1 unspecified atom stereocenters. The summed E-state index contributed by atoms with van der Waals surface area (Å²) in [5, 5.41) is 14.4. The highest BCUT2D eigenvalue weighted by molar-refractivity contribution is 6.20. The summed E-state index contributed by atoms with van der Waals surface area (Å²) in [5.74, 6) is 0.393. The number of rotatable bonds is 3. The predicted molar refractivity (Wildman–Crippen MR) is 104 cm³/mol. The predicted octanol–water partition coefficient (Wildman–Crippen LogP) is 1.62. The number of pyridine rings is 1. The molecule has 1 aromatic heterocycles. The van der Waals surface area contributed by atoms with Gasteiger partial charge in [-0.15, -0.1) is 0 Å². The lowest BCUT2D eigenvalue weighted by Gasteiger charge is -2.25. The number of nitrogens with two attached hydrogens (primary N) is 1. The van der Waals surface area contributed by atoms with E-state index >= 15 is 0 Å². The van der Waals surface area contributed by atoms with Gasteiger partial charge in [0.25, 0.3) is 0 Å². The van der Waals surface area contributed by atoms with E-state index in [1.807, 2.05) is 36.6 Å². The Kier molecular flexibility index (Phi) is 4.03. The quantitative estimate of drug-likeness (QED) is 0.493. The van der Waals surface area contributed by atoms with Crippen LogP contribution in [0.1, 0.15) is 5.69 Å². The first-order chi connectivity index (χ1) is 12.7. The van der Waals surface area contributed by atoms with Crippen LogP contribution in [-0.2, 0) is 0 Å². The van der Waals surface area contributed by atoms with Crippen LogP contribution in [0.2, 0.25) is 0 Å². The summed E-state index contributed by atoms with van der Waals surface area (Å²) in [6.45, 7) is 0. The number of aromatic nitrogens is 1. The number of nitrogens with zero attached hydrogens (tertiary/aromatic N) is 3. The second-order valence-corrected chi connectivity index (χ2v) is 5.82. The Morgan fingerprint density at radius 3 is 2.88 bits per heavy atom. The van der Waals surface area contributed by atoms with Crippen molar-refractivity contribution in [3.63, 3.8) is 0 Å². The fourth-order valence-electron chi connectivity index (χ4n) is 2.82. The molecule has 0 amide bonds. The molecule has 0 radical (unpaired) electrons. The molecule has 3 aliphatic rings. The van der Waals surface area contributed by atoms with Crippen molar-refractivity contribution in [2.24, 2.45) is 15.7 Å². The summed E-state index contributed by atoms with van der Waals surface area (Å²) < 4.78 is 0. The maximum absolute atomic E-state index is 7.86. The standard InChI is InChI=1S/C19H17N7/c20-18(21)17(15-7-3-4-8-22-15)19-24-9-12(10-25-19)16-11-23-13-5-1-2-6-14(13)26-16/h1-11,14,24,26H,(H3,20,21)/b19-17+. The SMILES string of the molecule is N=C(N)/C(=C1/N=CC(C2=CN=C3C=CC=CC3N2)=CN1)c1ccccn1. The Morgan fingerprint density at radius 1 is 1.23 bits per heavy atom. The van der Waals surface area contributed by atoms with Gasteiger partial charge in [0.2, 0.25) is 0 Å². The molecular weight excluding hydrogens is 326 g/mol. The largest absolute Gasteiger partial charge is 0.384 e. The van der Waals surface area contributed by atoms with Gasteiger partial charge in [-0.2, -0.15) is 0 Å². The van der Waals surface area contributed by atoms with E-state index in [4.69, 9.17) is 11.1 Å². The highest BCUT2D eigenvalue weighted by Crippen LogP contribution is 2.21.